The van der Waals surface area contributed by atoms with Crippen molar-refractivity contribution in [3.8, 4) is 0 Å². The van der Waals surface area contributed by atoms with Crippen LogP contribution in [0, 0.1) is 0 Å². The second-order valence-electron chi connectivity index (χ2n) is 7.02. The van der Waals surface area contributed by atoms with E-state index < -0.39 is 0 Å². The van der Waals surface area contributed by atoms with E-state index in [9.17, 15) is 4.79 Å². The summed E-state index contributed by atoms with van der Waals surface area (Å²) in [5, 5.41) is 11.7. The number of nitrogens with one attached hydrogen (secondary N) is 3. The van der Waals surface area contributed by atoms with Gasteiger partial charge in [-0.3, -0.25) is 0 Å². The first-order chi connectivity index (χ1) is 9.67. The highest BCUT2D eigenvalue weighted by atomic mass is 79.9. The number of piperidine rings is 1. The minimum absolute atomic E-state index is 0.0382. The van der Waals surface area contributed by atoms with Gasteiger partial charge in [0.15, 0.2) is 0 Å². The van der Waals surface area contributed by atoms with E-state index in [-0.39, 0.29) is 23.2 Å². The third-order valence-electron chi connectivity index (χ3n) is 3.63. The summed E-state index contributed by atoms with van der Waals surface area (Å²) in [6.45, 7) is 9.29. The lowest BCUT2D eigenvalue weighted by molar-refractivity contribution is 0.147. The normalized spacial score (nSPS) is 21.0. The van der Waals surface area contributed by atoms with Crippen LogP contribution in [0.15, 0.2) is 15.9 Å². The molecule has 2 amide bonds. The van der Waals surface area contributed by atoms with E-state index in [0.29, 0.717) is 6.54 Å². The number of halogens is 1. The molecule has 0 aromatic carbocycles. The van der Waals surface area contributed by atoms with Crippen LogP contribution in [0.1, 0.15) is 45.4 Å². The zero-order valence-corrected chi connectivity index (χ0v) is 15.5. The standard InChI is InChI=1S/C15H24BrN3OS/c1-14(2)7-10(8-15(3,4)19-14)18-13(20)17-9-12-11(16)5-6-21-12/h5-6,10,19H,7-9H2,1-4H3,(H2,17,18,20). The third kappa shape index (κ3) is 4.97. The fraction of sp³-hybridized carbons (Fsp3) is 0.667. The van der Waals surface area contributed by atoms with Crippen LogP contribution >= 0.6 is 27.3 Å². The Labute approximate surface area is 139 Å². The van der Waals surface area contributed by atoms with Crippen LogP contribution in [0.4, 0.5) is 4.79 Å². The Kier molecular flexibility index (Phi) is 5.00. The van der Waals surface area contributed by atoms with Gasteiger partial charge in [0, 0.05) is 26.5 Å². The average Bonchev–Trinajstić information content (AvgIpc) is 2.67. The van der Waals surface area contributed by atoms with E-state index in [1.807, 2.05) is 11.4 Å². The minimum Gasteiger partial charge on any atom is -0.335 e. The summed E-state index contributed by atoms with van der Waals surface area (Å²) in [6, 6.07) is 2.11. The number of hydrogen-bond acceptors (Lipinski definition) is 3. The number of rotatable bonds is 3. The molecule has 1 aromatic heterocycles. The van der Waals surface area contributed by atoms with Crippen molar-refractivity contribution in [1.82, 2.24) is 16.0 Å². The zero-order valence-electron chi connectivity index (χ0n) is 13.0. The van der Waals surface area contributed by atoms with Crippen LogP contribution in [0.3, 0.4) is 0 Å². The first-order valence-electron chi connectivity index (χ1n) is 7.22. The summed E-state index contributed by atoms with van der Waals surface area (Å²) in [4.78, 5) is 13.2. The van der Waals surface area contributed by atoms with Crippen molar-refractivity contribution in [2.45, 2.75) is 64.2 Å². The molecule has 21 heavy (non-hydrogen) atoms. The van der Waals surface area contributed by atoms with E-state index >= 15 is 0 Å². The lowest BCUT2D eigenvalue weighted by atomic mass is 9.80. The van der Waals surface area contributed by atoms with Gasteiger partial charge in [-0.1, -0.05) is 0 Å². The van der Waals surface area contributed by atoms with Gasteiger partial charge in [0.25, 0.3) is 0 Å². The quantitative estimate of drug-likeness (QED) is 0.757. The van der Waals surface area contributed by atoms with E-state index in [1.165, 1.54) is 0 Å². The highest BCUT2D eigenvalue weighted by Gasteiger charge is 2.38. The molecule has 0 atom stereocenters. The summed E-state index contributed by atoms with van der Waals surface area (Å²) in [5.41, 5.74) is 0.0763. The second kappa shape index (κ2) is 6.26. The summed E-state index contributed by atoms with van der Waals surface area (Å²) >= 11 is 5.11. The van der Waals surface area contributed by atoms with Crippen LogP contribution in [0.25, 0.3) is 0 Å². The minimum atomic E-state index is -0.0891. The molecule has 1 aliphatic rings. The Bertz CT molecular complexity index is 497. The van der Waals surface area contributed by atoms with Gasteiger partial charge in [-0.15, -0.1) is 11.3 Å². The SMILES string of the molecule is CC1(C)CC(NC(=O)NCc2sccc2Br)CC(C)(C)N1. The molecule has 1 aromatic rings. The fourth-order valence-corrected chi connectivity index (χ4v) is 4.70. The predicted molar refractivity (Wildman–Crippen MR) is 91.7 cm³/mol. The van der Waals surface area contributed by atoms with Crippen LogP contribution in [0.5, 0.6) is 0 Å². The van der Waals surface area contributed by atoms with E-state index in [2.05, 4.69) is 59.6 Å². The van der Waals surface area contributed by atoms with Crippen LogP contribution in [0.2, 0.25) is 0 Å². The maximum Gasteiger partial charge on any atom is 0.315 e. The van der Waals surface area contributed by atoms with E-state index in [1.54, 1.807) is 11.3 Å². The van der Waals surface area contributed by atoms with E-state index in [4.69, 9.17) is 0 Å². The largest absolute Gasteiger partial charge is 0.335 e. The van der Waals surface area contributed by atoms with Crippen LogP contribution in [-0.2, 0) is 6.54 Å². The maximum absolute atomic E-state index is 12.1. The molecular weight excluding hydrogens is 350 g/mol. The van der Waals surface area contributed by atoms with Crippen molar-refractivity contribution < 1.29 is 4.79 Å². The van der Waals surface area contributed by atoms with Crippen molar-refractivity contribution >= 4 is 33.3 Å². The van der Waals surface area contributed by atoms with Gasteiger partial charge in [0.2, 0.25) is 0 Å². The molecule has 3 N–H and O–H groups in total. The first-order valence-corrected chi connectivity index (χ1v) is 8.90. The summed E-state index contributed by atoms with van der Waals surface area (Å²) in [5.74, 6) is 0. The monoisotopic (exact) mass is 373 g/mol. The molecule has 1 fully saturated rings. The fourth-order valence-electron chi connectivity index (χ4n) is 3.27. The Hall–Kier alpha value is -0.590. The van der Waals surface area contributed by atoms with Crippen molar-refractivity contribution in [1.29, 1.82) is 0 Å². The molecule has 6 heteroatoms. The number of thiophene rings is 1. The topological polar surface area (TPSA) is 53.2 Å². The van der Waals surface area contributed by atoms with Crippen LogP contribution < -0.4 is 16.0 Å². The van der Waals surface area contributed by atoms with Gasteiger partial charge in [0.1, 0.15) is 0 Å². The predicted octanol–water partition coefficient (Wildman–Crippen LogP) is 3.62. The Morgan fingerprint density at radius 2 is 2.00 bits per heavy atom. The smallest absolute Gasteiger partial charge is 0.315 e. The number of amides is 2. The zero-order chi connectivity index (χ0) is 15.7. The number of carbonyl (C=O) groups is 1. The Morgan fingerprint density at radius 3 is 2.52 bits per heavy atom. The summed E-state index contributed by atoms with van der Waals surface area (Å²) in [6.07, 6.45) is 1.87. The molecule has 0 aliphatic carbocycles. The highest BCUT2D eigenvalue weighted by Crippen LogP contribution is 2.28. The van der Waals surface area contributed by atoms with Gasteiger partial charge < -0.3 is 16.0 Å². The average molecular weight is 374 g/mol. The van der Waals surface area contributed by atoms with Crippen molar-refractivity contribution in [3.05, 3.63) is 20.8 Å². The molecule has 2 heterocycles. The summed E-state index contributed by atoms with van der Waals surface area (Å²) < 4.78 is 1.05. The number of carbonyl (C=O) groups excluding carboxylic acids is 1. The van der Waals surface area contributed by atoms with Crippen molar-refractivity contribution in [2.75, 3.05) is 0 Å². The van der Waals surface area contributed by atoms with Crippen molar-refractivity contribution in [3.63, 3.8) is 0 Å². The molecule has 0 radical (unpaired) electrons. The second-order valence-corrected chi connectivity index (χ2v) is 8.87. The van der Waals surface area contributed by atoms with Gasteiger partial charge in [-0.2, -0.15) is 0 Å². The molecule has 4 nitrogen and oxygen atoms in total. The van der Waals surface area contributed by atoms with Gasteiger partial charge in [-0.05, 0) is 67.9 Å². The molecule has 1 aliphatic heterocycles. The molecule has 0 unspecified atom stereocenters. The third-order valence-corrected chi connectivity index (χ3v) is 5.55. The van der Waals surface area contributed by atoms with Crippen LogP contribution in [-0.4, -0.2) is 23.2 Å². The Balaban J connectivity index is 1.86. The molecule has 0 spiro atoms. The lowest BCUT2D eigenvalue weighted by Crippen LogP contribution is -2.62. The number of urea groups is 1. The summed E-state index contributed by atoms with van der Waals surface area (Å²) in [7, 11) is 0. The molecule has 118 valence electrons. The Morgan fingerprint density at radius 1 is 1.38 bits per heavy atom. The van der Waals surface area contributed by atoms with Gasteiger partial charge >= 0.3 is 6.03 Å². The molecule has 2 rings (SSSR count). The molecular formula is C15H24BrN3OS. The molecule has 0 saturated carbocycles. The van der Waals surface area contributed by atoms with Gasteiger partial charge in [0.05, 0.1) is 6.54 Å². The first kappa shape index (κ1) is 16.8. The maximum atomic E-state index is 12.1. The molecule has 1 saturated heterocycles. The molecule has 0 bridgehead atoms. The van der Waals surface area contributed by atoms with E-state index in [0.717, 1.165) is 22.2 Å². The van der Waals surface area contributed by atoms with Crippen molar-refractivity contribution in [2.24, 2.45) is 0 Å². The number of hydrogen-bond donors (Lipinski definition) is 3. The lowest BCUT2D eigenvalue weighted by Gasteiger charge is -2.46. The van der Waals surface area contributed by atoms with Gasteiger partial charge in [-0.25, -0.2) is 4.79 Å². The highest BCUT2D eigenvalue weighted by molar-refractivity contribution is 9.10.